The molecule has 0 amide bonds. The lowest BCUT2D eigenvalue weighted by Gasteiger charge is -2.10. The first-order valence-electron chi connectivity index (χ1n) is 3.71. The molecule has 76 valence electrons. The summed E-state index contributed by atoms with van der Waals surface area (Å²) < 4.78 is 10.8. The van der Waals surface area contributed by atoms with E-state index in [1.165, 1.54) is 14.2 Å². The van der Waals surface area contributed by atoms with Gasteiger partial charge in [0, 0.05) is 4.47 Å². The minimum Gasteiger partial charge on any atom is -0.496 e. The van der Waals surface area contributed by atoms with Crippen molar-refractivity contribution >= 4 is 32.8 Å². The Morgan fingerprint density at radius 2 is 1.71 bits per heavy atom. The number of carbonyl (C=O) groups is 1. The Bertz CT molecular complexity index is 340. The summed E-state index contributed by atoms with van der Waals surface area (Å²) in [5, 5.41) is -0.605. The van der Waals surface area contributed by atoms with Crippen LogP contribution >= 0.6 is 27.5 Å². The van der Waals surface area contributed by atoms with Crippen molar-refractivity contribution in [1.29, 1.82) is 0 Å². The lowest BCUT2D eigenvalue weighted by Crippen LogP contribution is -1.99. The molecule has 0 saturated carbocycles. The third kappa shape index (κ3) is 2.19. The molecule has 0 heterocycles. The van der Waals surface area contributed by atoms with Gasteiger partial charge in [0.05, 0.1) is 14.2 Å². The van der Waals surface area contributed by atoms with Crippen LogP contribution in [0.2, 0.25) is 0 Å². The van der Waals surface area contributed by atoms with E-state index in [2.05, 4.69) is 15.9 Å². The summed E-state index contributed by atoms with van der Waals surface area (Å²) in [5.74, 6) is 0.771. The molecule has 0 bridgehead atoms. The molecule has 0 N–H and O–H groups in total. The Balaban J connectivity index is 3.40. The Labute approximate surface area is 95.1 Å². The standard InChI is InChI=1S/C9H8BrClO3/c1-13-6-3-5(10)4-7(14-2)8(6)9(11)12/h3-4H,1-2H3. The quantitative estimate of drug-likeness (QED) is 0.798. The first-order chi connectivity index (χ1) is 6.60. The first-order valence-corrected chi connectivity index (χ1v) is 4.88. The highest BCUT2D eigenvalue weighted by Gasteiger charge is 2.17. The molecule has 0 aliphatic carbocycles. The molecule has 0 atom stereocenters. The van der Waals surface area contributed by atoms with Crippen LogP contribution in [0.15, 0.2) is 16.6 Å². The van der Waals surface area contributed by atoms with Crippen LogP contribution < -0.4 is 9.47 Å². The van der Waals surface area contributed by atoms with E-state index in [-0.39, 0.29) is 5.56 Å². The summed E-state index contributed by atoms with van der Waals surface area (Å²) in [4.78, 5) is 11.1. The number of ether oxygens (including phenoxy) is 2. The maximum atomic E-state index is 11.1. The number of rotatable bonds is 3. The zero-order valence-corrected chi connectivity index (χ0v) is 9.98. The topological polar surface area (TPSA) is 35.5 Å². The Hall–Kier alpha value is -0.740. The van der Waals surface area contributed by atoms with Gasteiger partial charge in [-0.2, -0.15) is 0 Å². The van der Waals surface area contributed by atoms with Gasteiger partial charge in [0.1, 0.15) is 17.1 Å². The average Bonchev–Trinajstić information content (AvgIpc) is 2.15. The zero-order chi connectivity index (χ0) is 10.7. The van der Waals surface area contributed by atoms with Crippen LogP contribution in [0.4, 0.5) is 0 Å². The first kappa shape index (κ1) is 11.3. The second-order valence-corrected chi connectivity index (χ2v) is 3.72. The van der Waals surface area contributed by atoms with E-state index in [9.17, 15) is 4.79 Å². The van der Waals surface area contributed by atoms with E-state index in [0.717, 1.165) is 4.47 Å². The minimum absolute atomic E-state index is 0.236. The van der Waals surface area contributed by atoms with E-state index in [4.69, 9.17) is 21.1 Å². The summed E-state index contributed by atoms with van der Waals surface area (Å²) in [6.07, 6.45) is 0. The fourth-order valence-electron chi connectivity index (χ4n) is 1.07. The Kier molecular flexibility index (Phi) is 3.77. The SMILES string of the molecule is COc1cc(Br)cc(OC)c1C(=O)Cl. The van der Waals surface area contributed by atoms with E-state index >= 15 is 0 Å². The second kappa shape index (κ2) is 4.66. The van der Waals surface area contributed by atoms with Gasteiger partial charge >= 0.3 is 0 Å². The third-order valence-electron chi connectivity index (χ3n) is 1.67. The maximum absolute atomic E-state index is 11.1. The van der Waals surface area contributed by atoms with Crippen LogP contribution in [-0.2, 0) is 0 Å². The van der Waals surface area contributed by atoms with E-state index < -0.39 is 5.24 Å². The van der Waals surface area contributed by atoms with Gasteiger partial charge in [0.25, 0.3) is 5.24 Å². The smallest absolute Gasteiger partial charge is 0.259 e. The molecule has 1 aromatic rings. The van der Waals surface area contributed by atoms with Crippen molar-refractivity contribution in [1.82, 2.24) is 0 Å². The summed E-state index contributed by atoms with van der Waals surface area (Å²) in [5.41, 5.74) is 0.236. The van der Waals surface area contributed by atoms with Gasteiger partial charge < -0.3 is 9.47 Å². The third-order valence-corrected chi connectivity index (χ3v) is 2.31. The van der Waals surface area contributed by atoms with Crippen molar-refractivity contribution in [2.75, 3.05) is 14.2 Å². The Morgan fingerprint density at radius 1 is 1.29 bits per heavy atom. The monoisotopic (exact) mass is 278 g/mol. The van der Waals surface area contributed by atoms with Gasteiger partial charge in [-0.25, -0.2) is 0 Å². The number of halogens is 2. The molecule has 0 saturated heterocycles. The molecule has 1 rings (SSSR count). The number of hydrogen-bond acceptors (Lipinski definition) is 3. The normalized spacial score (nSPS) is 9.71. The van der Waals surface area contributed by atoms with Crippen molar-refractivity contribution in [2.24, 2.45) is 0 Å². The number of methoxy groups -OCH3 is 2. The highest BCUT2D eigenvalue weighted by Crippen LogP contribution is 2.33. The van der Waals surface area contributed by atoms with Crippen molar-refractivity contribution in [3.63, 3.8) is 0 Å². The van der Waals surface area contributed by atoms with Gasteiger partial charge in [-0.1, -0.05) is 15.9 Å². The lowest BCUT2D eigenvalue weighted by molar-refractivity contribution is 0.107. The van der Waals surface area contributed by atoms with Gasteiger partial charge in [-0.05, 0) is 23.7 Å². The number of carbonyl (C=O) groups excluding carboxylic acids is 1. The molecule has 5 heteroatoms. The van der Waals surface area contributed by atoms with Gasteiger partial charge in [0.2, 0.25) is 0 Å². The molecule has 0 aliphatic rings. The van der Waals surface area contributed by atoms with Crippen LogP contribution in [0.3, 0.4) is 0 Å². The number of hydrogen-bond donors (Lipinski definition) is 0. The maximum Gasteiger partial charge on any atom is 0.259 e. The molecule has 0 spiro atoms. The highest BCUT2D eigenvalue weighted by atomic mass is 79.9. The van der Waals surface area contributed by atoms with E-state index in [1.54, 1.807) is 12.1 Å². The molecule has 1 aromatic carbocycles. The summed E-state index contributed by atoms with van der Waals surface area (Å²) in [6.45, 7) is 0. The summed E-state index contributed by atoms with van der Waals surface area (Å²) in [7, 11) is 2.93. The molecule has 0 radical (unpaired) electrons. The molecule has 0 fully saturated rings. The molecule has 0 aliphatic heterocycles. The molecular formula is C9H8BrClO3. The van der Waals surface area contributed by atoms with Crippen molar-refractivity contribution < 1.29 is 14.3 Å². The van der Waals surface area contributed by atoms with E-state index in [0.29, 0.717) is 11.5 Å². The van der Waals surface area contributed by atoms with Crippen LogP contribution in [-0.4, -0.2) is 19.5 Å². The van der Waals surface area contributed by atoms with Gasteiger partial charge in [0.15, 0.2) is 0 Å². The van der Waals surface area contributed by atoms with Crippen LogP contribution in [0.25, 0.3) is 0 Å². The van der Waals surface area contributed by atoms with Crippen molar-refractivity contribution in [3.05, 3.63) is 22.2 Å². The molecule has 14 heavy (non-hydrogen) atoms. The second-order valence-electron chi connectivity index (χ2n) is 2.46. The van der Waals surface area contributed by atoms with Gasteiger partial charge in [-0.3, -0.25) is 4.79 Å². The zero-order valence-electron chi connectivity index (χ0n) is 7.64. The summed E-state index contributed by atoms with van der Waals surface area (Å²) >= 11 is 8.67. The van der Waals surface area contributed by atoms with Crippen molar-refractivity contribution in [2.45, 2.75) is 0 Å². The lowest BCUT2D eigenvalue weighted by atomic mass is 10.2. The molecule has 0 aromatic heterocycles. The Morgan fingerprint density at radius 3 is 2.00 bits per heavy atom. The van der Waals surface area contributed by atoms with E-state index in [1.807, 2.05) is 0 Å². The van der Waals surface area contributed by atoms with Crippen LogP contribution in [0, 0.1) is 0 Å². The largest absolute Gasteiger partial charge is 0.496 e. The van der Waals surface area contributed by atoms with Crippen molar-refractivity contribution in [3.8, 4) is 11.5 Å². The average molecular weight is 280 g/mol. The fraction of sp³-hybridized carbons (Fsp3) is 0.222. The predicted molar refractivity (Wildman–Crippen MR) is 57.4 cm³/mol. The fourth-order valence-corrected chi connectivity index (χ4v) is 1.68. The highest BCUT2D eigenvalue weighted by molar-refractivity contribution is 9.10. The molecular weight excluding hydrogens is 271 g/mol. The molecule has 3 nitrogen and oxygen atoms in total. The molecule has 0 unspecified atom stereocenters. The van der Waals surface area contributed by atoms with Crippen LogP contribution in [0.1, 0.15) is 10.4 Å². The number of benzene rings is 1. The van der Waals surface area contributed by atoms with Crippen LogP contribution in [0.5, 0.6) is 11.5 Å². The minimum atomic E-state index is -0.605. The predicted octanol–water partition coefficient (Wildman–Crippen LogP) is 2.85. The van der Waals surface area contributed by atoms with Gasteiger partial charge in [-0.15, -0.1) is 0 Å². The summed E-state index contributed by atoms with van der Waals surface area (Å²) in [6, 6.07) is 3.30.